The van der Waals surface area contributed by atoms with Gasteiger partial charge in [0.25, 0.3) is 0 Å². The maximum absolute atomic E-state index is 12.9. The highest BCUT2D eigenvalue weighted by molar-refractivity contribution is 5.90. The molecule has 0 spiro atoms. The summed E-state index contributed by atoms with van der Waals surface area (Å²) in [6.45, 7) is 10.8. The summed E-state index contributed by atoms with van der Waals surface area (Å²) in [5.41, 5.74) is 0.593. The molecule has 31 heavy (non-hydrogen) atoms. The molecule has 2 atom stereocenters. The molecule has 0 N–H and O–H groups in total. The van der Waals surface area contributed by atoms with Crippen molar-refractivity contribution in [3.05, 3.63) is 71.8 Å². The second-order valence-corrected chi connectivity index (χ2v) is 8.93. The summed E-state index contributed by atoms with van der Waals surface area (Å²) in [7, 11) is 0. The Labute approximate surface area is 187 Å². The van der Waals surface area contributed by atoms with Gasteiger partial charge in [-0.2, -0.15) is 0 Å². The van der Waals surface area contributed by atoms with Crippen molar-refractivity contribution in [3.63, 3.8) is 0 Å². The molecule has 0 radical (unpaired) electrons. The first-order chi connectivity index (χ1) is 14.8. The molecule has 168 valence electrons. The van der Waals surface area contributed by atoms with Gasteiger partial charge in [0, 0.05) is 5.41 Å². The van der Waals surface area contributed by atoms with Crippen LogP contribution in [0.2, 0.25) is 0 Å². The van der Waals surface area contributed by atoms with Gasteiger partial charge < -0.3 is 9.47 Å². The molecule has 2 aromatic carbocycles. The van der Waals surface area contributed by atoms with E-state index >= 15 is 0 Å². The van der Waals surface area contributed by atoms with E-state index in [2.05, 4.69) is 27.7 Å². The number of hydrogen-bond donors (Lipinski definition) is 0. The lowest BCUT2D eigenvalue weighted by molar-refractivity contribution is -0.0789. The Morgan fingerprint density at radius 1 is 0.839 bits per heavy atom. The molecule has 0 aliphatic heterocycles. The van der Waals surface area contributed by atoms with E-state index < -0.39 is 5.41 Å². The lowest BCUT2D eigenvalue weighted by atomic mass is 9.68. The van der Waals surface area contributed by atoms with E-state index in [0.717, 1.165) is 12.8 Å². The molecule has 2 aromatic rings. The standard InChI is InChI=1S/C27H36O4/c1-6-24(31-26(29)23-15-11-8-12-16-23)27(21(4)5,18-17-20(2)3)19-30-25(28)22-13-9-7-10-14-22/h7-16,20-21,24H,6,17-19H2,1-5H3. The van der Waals surface area contributed by atoms with E-state index in [1.54, 1.807) is 24.3 Å². The Balaban J connectivity index is 2.28. The van der Waals surface area contributed by atoms with Crippen molar-refractivity contribution in [2.75, 3.05) is 6.61 Å². The highest BCUT2D eigenvalue weighted by atomic mass is 16.6. The van der Waals surface area contributed by atoms with Gasteiger partial charge in [-0.05, 0) is 48.9 Å². The van der Waals surface area contributed by atoms with Gasteiger partial charge in [0.1, 0.15) is 12.7 Å². The molecule has 4 heteroatoms. The van der Waals surface area contributed by atoms with E-state index in [1.807, 2.05) is 43.3 Å². The first-order valence-electron chi connectivity index (χ1n) is 11.3. The van der Waals surface area contributed by atoms with Gasteiger partial charge in [-0.1, -0.05) is 77.4 Å². The quantitative estimate of drug-likeness (QED) is 0.383. The highest BCUT2D eigenvalue weighted by Crippen LogP contribution is 2.41. The summed E-state index contributed by atoms with van der Waals surface area (Å²) < 4.78 is 11.9. The zero-order valence-electron chi connectivity index (χ0n) is 19.5. The van der Waals surface area contributed by atoms with Crippen LogP contribution in [0.25, 0.3) is 0 Å². The van der Waals surface area contributed by atoms with Gasteiger partial charge >= 0.3 is 11.9 Å². The predicted molar refractivity (Wildman–Crippen MR) is 124 cm³/mol. The largest absolute Gasteiger partial charge is 0.461 e. The Hall–Kier alpha value is -2.62. The van der Waals surface area contributed by atoms with Crippen molar-refractivity contribution in [1.29, 1.82) is 0 Å². The second kappa shape index (κ2) is 11.7. The van der Waals surface area contributed by atoms with Crippen molar-refractivity contribution in [2.45, 2.75) is 60.0 Å². The zero-order valence-corrected chi connectivity index (χ0v) is 19.5. The Bertz CT molecular complexity index is 814. The van der Waals surface area contributed by atoms with Gasteiger partial charge in [-0.25, -0.2) is 9.59 Å². The van der Waals surface area contributed by atoms with Crippen molar-refractivity contribution in [1.82, 2.24) is 0 Å². The van der Waals surface area contributed by atoms with Crippen LogP contribution in [0.15, 0.2) is 60.7 Å². The molecule has 0 heterocycles. The molecule has 0 bridgehead atoms. The van der Waals surface area contributed by atoms with Gasteiger partial charge in [-0.3, -0.25) is 0 Å². The molecular formula is C27H36O4. The van der Waals surface area contributed by atoms with Crippen molar-refractivity contribution in [2.24, 2.45) is 17.3 Å². The monoisotopic (exact) mass is 424 g/mol. The molecule has 0 aliphatic carbocycles. The molecule has 0 amide bonds. The van der Waals surface area contributed by atoms with E-state index in [9.17, 15) is 9.59 Å². The first kappa shape index (κ1) is 24.6. The Morgan fingerprint density at radius 3 is 1.81 bits per heavy atom. The molecule has 0 fully saturated rings. The number of ether oxygens (including phenoxy) is 2. The molecule has 0 aliphatic rings. The second-order valence-electron chi connectivity index (χ2n) is 8.93. The highest BCUT2D eigenvalue weighted by Gasteiger charge is 2.44. The number of carbonyl (C=O) groups is 2. The maximum Gasteiger partial charge on any atom is 0.338 e. The normalized spacial score (nSPS) is 14.2. The average Bonchev–Trinajstić information content (AvgIpc) is 2.78. The zero-order chi connectivity index (χ0) is 22.9. The van der Waals surface area contributed by atoms with Crippen LogP contribution in [0, 0.1) is 17.3 Å². The van der Waals surface area contributed by atoms with Crippen molar-refractivity contribution < 1.29 is 19.1 Å². The minimum Gasteiger partial charge on any atom is -0.461 e. The number of rotatable bonds is 11. The average molecular weight is 425 g/mol. The number of esters is 2. The molecule has 2 rings (SSSR count). The third kappa shape index (κ3) is 6.68. The van der Waals surface area contributed by atoms with Gasteiger partial charge in [0.15, 0.2) is 0 Å². The molecule has 4 nitrogen and oxygen atoms in total. The lowest BCUT2D eigenvalue weighted by Crippen LogP contribution is -2.46. The van der Waals surface area contributed by atoms with Crippen LogP contribution in [0.3, 0.4) is 0 Å². The van der Waals surface area contributed by atoms with Crippen molar-refractivity contribution >= 4 is 11.9 Å². The third-order valence-corrected chi connectivity index (χ3v) is 6.09. The van der Waals surface area contributed by atoms with Crippen molar-refractivity contribution in [3.8, 4) is 0 Å². The minimum absolute atomic E-state index is 0.156. The summed E-state index contributed by atoms with van der Waals surface area (Å²) in [6, 6.07) is 18.1. The fourth-order valence-electron chi connectivity index (χ4n) is 3.95. The summed E-state index contributed by atoms with van der Waals surface area (Å²) >= 11 is 0. The van der Waals surface area contributed by atoms with Crippen LogP contribution < -0.4 is 0 Å². The van der Waals surface area contributed by atoms with Crippen LogP contribution in [0.5, 0.6) is 0 Å². The van der Waals surface area contributed by atoms with Crippen LogP contribution >= 0.6 is 0 Å². The fraction of sp³-hybridized carbons (Fsp3) is 0.481. The third-order valence-electron chi connectivity index (χ3n) is 6.09. The topological polar surface area (TPSA) is 52.6 Å². The molecule has 2 unspecified atom stereocenters. The van der Waals surface area contributed by atoms with E-state index in [0.29, 0.717) is 23.5 Å². The van der Waals surface area contributed by atoms with Crippen LogP contribution in [-0.2, 0) is 9.47 Å². The maximum atomic E-state index is 12.9. The molecule has 0 saturated heterocycles. The molecular weight excluding hydrogens is 388 g/mol. The summed E-state index contributed by atoms with van der Waals surface area (Å²) in [5, 5.41) is 0. The molecule has 0 aromatic heterocycles. The molecule has 0 saturated carbocycles. The summed E-state index contributed by atoms with van der Waals surface area (Å²) in [4.78, 5) is 25.5. The van der Waals surface area contributed by atoms with E-state index in [-0.39, 0.29) is 30.6 Å². The fourth-order valence-corrected chi connectivity index (χ4v) is 3.95. The Kier molecular flexibility index (Phi) is 9.29. The summed E-state index contributed by atoms with van der Waals surface area (Å²) in [5.74, 6) is -0.0375. The lowest BCUT2D eigenvalue weighted by Gasteiger charge is -2.43. The predicted octanol–water partition coefficient (Wildman–Crippen LogP) is 6.56. The van der Waals surface area contributed by atoms with Crippen LogP contribution in [0.4, 0.5) is 0 Å². The number of carbonyl (C=O) groups excluding carboxylic acids is 2. The number of benzene rings is 2. The van der Waals surface area contributed by atoms with E-state index in [1.165, 1.54) is 0 Å². The Morgan fingerprint density at radius 2 is 1.35 bits per heavy atom. The SMILES string of the molecule is CCC(OC(=O)c1ccccc1)C(CCC(C)C)(COC(=O)c1ccccc1)C(C)C. The van der Waals surface area contributed by atoms with Gasteiger partial charge in [0.05, 0.1) is 11.1 Å². The van der Waals surface area contributed by atoms with Crippen LogP contribution in [-0.4, -0.2) is 24.6 Å². The van der Waals surface area contributed by atoms with E-state index in [4.69, 9.17) is 9.47 Å². The van der Waals surface area contributed by atoms with Gasteiger partial charge in [-0.15, -0.1) is 0 Å². The smallest absolute Gasteiger partial charge is 0.338 e. The van der Waals surface area contributed by atoms with Crippen LogP contribution in [0.1, 0.15) is 74.6 Å². The van der Waals surface area contributed by atoms with Gasteiger partial charge in [0.2, 0.25) is 0 Å². The minimum atomic E-state index is -0.464. The number of hydrogen-bond acceptors (Lipinski definition) is 4. The first-order valence-corrected chi connectivity index (χ1v) is 11.3. The summed E-state index contributed by atoms with van der Waals surface area (Å²) in [6.07, 6.45) is 2.06.